The van der Waals surface area contributed by atoms with E-state index >= 15 is 0 Å². The molecule has 21 heavy (non-hydrogen) atoms. The third kappa shape index (κ3) is 1.99. The molecular formula is C19H17NO. The average Bonchev–Trinajstić information content (AvgIpc) is 2.90. The van der Waals surface area contributed by atoms with Crippen molar-refractivity contribution < 1.29 is 4.52 Å². The fraction of sp³-hybridized carbons (Fsp3) is 0.211. The van der Waals surface area contributed by atoms with Crippen LogP contribution in [-0.4, -0.2) is 5.16 Å². The lowest BCUT2D eigenvalue weighted by molar-refractivity contribution is 0.434. The average molecular weight is 275 g/mol. The summed E-state index contributed by atoms with van der Waals surface area (Å²) in [4.78, 5) is 0. The lowest BCUT2D eigenvalue weighted by atomic mass is 9.88. The zero-order valence-electron chi connectivity index (χ0n) is 12.3. The quantitative estimate of drug-likeness (QED) is 0.642. The molecule has 0 amide bonds. The molecule has 2 heteroatoms. The smallest absolute Gasteiger partial charge is 0.170 e. The summed E-state index contributed by atoms with van der Waals surface area (Å²) in [6.45, 7) is 4.24. The van der Waals surface area contributed by atoms with Gasteiger partial charge in [-0.05, 0) is 44.4 Å². The van der Waals surface area contributed by atoms with Crippen LogP contribution in [0.25, 0.3) is 22.6 Å². The summed E-state index contributed by atoms with van der Waals surface area (Å²) in [6, 6.07) is 15.0. The van der Waals surface area contributed by atoms with Gasteiger partial charge in [0.25, 0.3) is 0 Å². The van der Waals surface area contributed by atoms with Crippen LogP contribution in [-0.2, 0) is 12.8 Å². The first kappa shape index (κ1) is 12.4. The molecule has 1 aromatic heterocycles. The van der Waals surface area contributed by atoms with Crippen LogP contribution in [0.2, 0.25) is 0 Å². The van der Waals surface area contributed by atoms with Crippen LogP contribution in [0.15, 0.2) is 47.0 Å². The Balaban J connectivity index is 1.90. The molecule has 104 valence electrons. The molecule has 0 unspecified atom stereocenters. The van der Waals surface area contributed by atoms with Crippen LogP contribution in [0.4, 0.5) is 0 Å². The Kier molecular flexibility index (Phi) is 2.71. The van der Waals surface area contributed by atoms with Crippen molar-refractivity contribution in [3.8, 4) is 22.6 Å². The number of fused-ring (bicyclic) bond motifs is 3. The minimum atomic E-state index is 0.936. The van der Waals surface area contributed by atoms with Crippen molar-refractivity contribution in [2.75, 3.05) is 0 Å². The third-order valence-electron chi connectivity index (χ3n) is 4.19. The topological polar surface area (TPSA) is 26.0 Å². The highest BCUT2D eigenvalue weighted by Crippen LogP contribution is 2.38. The highest BCUT2D eigenvalue weighted by molar-refractivity contribution is 5.76. The number of hydrogen-bond donors (Lipinski definition) is 0. The van der Waals surface area contributed by atoms with Crippen LogP contribution in [0, 0.1) is 13.8 Å². The fourth-order valence-corrected chi connectivity index (χ4v) is 3.31. The SMILES string of the molecule is Cc1cc(C)cc(-c2onc3c2CCc2ccccc2-3)c1. The summed E-state index contributed by atoms with van der Waals surface area (Å²) in [5.41, 5.74) is 8.51. The van der Waals surface area contributed by atoms with Crippen molar-refractivity contribution >= 4 is 0 Å². The number of benzene rings is 2. The van der Waals surface area contributed by atoms with Crippen LogP contribution in [0.5, 0.6) is 0 Å². The van der Waals surface area contributed by atoms with Crippen LogP contribution < -0.4 is 0 Å². The molecule has 1 aliphatic carbocycles. The molecule has 0 radical (unpaired) electrons. The Morgan fingerprint density at radius 3 is 2.52 bits per heavy atom. The maximum Gasteiger partial charge on any atom is 0.170 e. The van der Waals surface area contributed by atoms with E-state index < -0.39 is 0 Å². The number of nitrogens with zero attached hydrogens (tertiary/aromatic N) is 1. The lowest BCUT2D eigenvalue weighted by Gasteiger charge is -2.14. The zero-order chi connectivity index (χ0) is 14.4. The van der Waals surface area contributed by atoms with Gasteiger partial charge in [-0.3, -0.25) is 0 Å². The molecule has 0 atom stereocenters. The Hall–Kier alpha value is -2.35. The predicted octanol–water partition coefficient (Wildman–Crippen LogP) is 4.72. The predicted molar refractivity (Wildman–Crippen MR) is 84.3 cm³/mol. The van der Waals surface area contributed by atoms with Crippen molar-refractivity contribution in [1.29, 1.82) is 0 Å². The second kappa shape index (κ2) is 4.59. The van der Waals surface area contributed by atoms with E-state index in [0.717, 1.165) is 29.9 Å². The molecule has 2 nitrogen and oxygen atoms in total. The van der Waals surface area contributed by atoms with E-state index in [1.165, 1.54) is 27.8 Å². The minimum absolute atomic E-state index is 0.936. The molecule has 1 aliphatic rings. The van der Waals surface area contributed by atoms with Gasteiger partial charge in [0.15, 0.2) is 5.76 Å². The van der Waals surface area contributed by atoms with Crippen molar-refractivity contribution in [3.63, 3.8) is 0 Å². The summed E-state index contributed by atoms with van der Waals surface area (Å²) >= 11 is 0. The minimum Gasteiger partial charge on any atom is -0.355 e. The zero-order valence-corrected chi connectivity index (χ0v) is 12.3. The summed E-state index contributed by atoms with van der Waals surface area (Å²) < 4.78 is 5.72. The number of aryl methyl sites for hydroxylation is 3. The van der Waals surface area contributed by atoms with E-state index in [0.29, 0.717) is 0 Å². The van der Waals surface area contributed by atoms with Crippen molar-refractivity contribution in [1.82, 2.24) is 5.16 Å². The van der Waals surface area contributed by atoms with Gasteiger partial charge >= 0.3 is 0 Å². The Morgan fingerprint density at radius 2 is 1.71 bits per heavy atom. The van der Waals surface area contributed by atoms with E-state index in [-0.39, 0.29) is 0 Å². The van der Waals surface area contributed by atoms with Gasteiger partial charge in [0.05, 0.1) is 0 Å². The maximum atomic E-state index is 5.72. The molecule has 1 heterocycles. The van der Waals surface area contributed by atoms with Crippen molar-refractivity contribution in [2.45, 2.75) is 26.7 Å². The summed E-state index contributed by atoms with van der Waals surface area (Å²) in [5, 5.41) is 4.36. The Labute approximate surface area is 124 Å². The molecule has 2 aromatic carbocycles. The van der Waals surface area contributed by atoms with Gasteiger partial charge in [-0.2, -0.15) is 0 Å². The van der Waals surface area contributed by atoms with Gasteiger partial charge in [-0.1, -0.05) is 46.6 Å². The highest BCUT2D eigenvalue weighted by atomic mass is 16.5. The summed E-state index contributed by atoms with van der Waals surface area (Å²) in [5.74, 6) is 0.936. The molecule has 4 rings (SSSR count). The number of rotatable bonds is 1. The summed E-state index contributed by atoms with van der Waals surface area (Å²) in [7, 11) is 0. The van der Waals surface area contributed by atoms with E-state index in [1.807, 2.05) is 0 Å². The van der Waals surface area contributed by atoms with Gasteiger partial charge in [0.1, 0.15) is 5.69 Å². The maximum absolute atomic E-state index is 5.72. The van der Waals surface area contributed by atoms with E-state index in [2.05, 4.69) is 61.5 Å². The molecule has 3 aromatic rings. The molecule has 0 bridgehead atoms. The van der Waals surface area contributed by atoms with Gasteiger partial charge in [0, 0.05) is 16.7 Å². The van der Waals surface area contributed by atoms with Crippen LogP contribution >= 0.6 is 0 Å². The molecule has 0 saturated carbocycles. The first-order valence-corrected chi connectivity index (χ1v) is 7.38. The first-order chi connectivity index (χ1) is 10.2. The van der Waals surface area contributed by atoms with E-state index in [1.54, 1.807) is 0 Å². The fourth-order valence-electron chi connectivity index (χ4n) is 3.31. The second-order valence-corrected chi connectivity index (χ2v) is 5.87. The van der Waals surface area contributed by atoms with E-state index in [9.17, 15) is 0 Å². The van der Waals surface area contributed by atoms with E-state index in [4.69, 9.17) is 4.52 Å². The van der Waals surface area contributed by atoms with Crippen molar-refractivity contribution in [2.24, 2.45) is 0 Å². The molecular weight excluding hydrogens is 258 g/mol. The monoisotopic (exact) mass is 275 g/mol. The normalized spacial score (nSPS) is 12.9. The van der Waals surface area contributed by atoms with Gasteiger partial charge in [-0.25, -0.2) is 0 Å². The largest absolute Gasteiger partial charge is 0.355 e. The van der Waals surface area contributed by atoms with Crippen LogP contribution in [0.1, 0.15) is 22.3 Å². The molecule has 0 aliphatic heterocycles. The molecule has 0 N–H and O–H groups in total. The standard InChI is InChI=1S/C19H17NO/c1-12-9-13(2)11-15(10-12)19-17-8-7-14-5-3-4-6-16(14)18(17)20-21-19/h3-6,9-11H,7-8H2,1-2H3. The van der Waals surface area contributed by atoms with Crippen LogP contribution in [0.3, 0.4) is 0 Å². The highest BCUT2D eigenvalue weighted by Gasteiger charge is 2.24. The van der Waals surface area contributed by atoms with Gasteiger partial charge < -0.3 is 4.52 Å². The van der Waals surface area contributed by atoms with Gasteiger partial charge in [0.2, 0.25) is 0 Å². The molecule has 0 fully saturated rings. The Bertz CT molecular complexity index is 809. The van der Waals surface area contributed by atoms with Crippen molar-refractivity contribution in [3.05, 3.63) is 64.7 Å². The number of hydrogen-bond acceptors (Lipinski definition) is 2. The molecule has 0 saturated heterocycles. The molecule has 0 spiro atoms. The third-order valence-corrected chi connectivity index (χ3v) is 4.19. The number of aromatic nitrogens is 1. The van der Waals surface area contributed by atoms with Gasteiger partial charge in [-0.15, -0.1) is 0 Å². The Morgan fingerprint density at radius 1 is 0.952 bits per heavy atom. The second-order valence-electron chi connectivity index (χ2n) is 5.87. The first-order valence-electron chi connectivity index (χ1n) is 7.38. The summed E-state index contributed by atoms with van der Waals surface area (Å²) in [6.07, 6.45) is 2.06. The lowest BCUT2D eigenvalue weighted by Crippen LogP contribution is -2.03.